The summed E-state index contributed by atoms with van der Waals surface area (Å²) in [5.41, 5.74) is 1.88. The Morgan fingerprint density at radius 2 is 2.12 bits per heavy atom. The maximum absolute atomic E-state index is 12.3. The fraction of sp³-hybridized carbons (Fsp3) is 0.529. The van der Waals surface area contributed by atoms with Crippen molar-refractivity contribution in [2.75, 3.05) is 11.9 Å². The number of hydrogen-bond donors (Lipinski definition) is 1. The Hall–Kier alpha value is -2.02. The number of hydrogen-bond acceptors (Lipinski definition) is 6. The van der Waals surface area contributed by atoms with E-state index in [4.69, 9.17) is 0 Å². The van der Waals surface area contributed by atoms with Crippen LogP contribution in [0.1, 0.15) is 55.9 Å². The Labute approximate surface area is 146 Å². The number of carbonyl (C=O) groups is 1. The zero-order valence-electron chi connectivity index (χ0n) is 14.4. The lowest BCUT2D eigenvalue weighted by Crippen LogP contribution is -2.39. The minimum Gasteiger partial charge on any atom is -0.332 e. The summed E-state index contributed by atoms with van der Waals surface area (Å²) >= 11 is 1.55. The Kier molecular flexibility index (Phi) is 5.08. The lowest BCUT2D eigenvalue weighted by Gasteiger charge is -2.34. The van der Waals surface area contributed by atoms with Gasteiger partial charge in [-0.1, -0.05) is 6.92 Å². The Morgan fingerprint density at radius 1 is 1.29 bits per heavy atom. The van der Waals surface area contributed by atoms with E-state index in [1.165, 1.54) is 0 Å². The van der Waals surface area contributed by atoms with Crippen LogP contribution in [-0.2, 0) is 4.79 Å². The van der Waals surface area contributed by atoms with Crippen molar-refractivity contribution in [2.45, 2.75) is 52.5 Å². The van der Waals surface area contributed by atoms with Crippen LogP contribution in [0, 0.1) is 13.8 Å². The van der Waals surface area contributed by atoms with E-state index in [1.54, 1.807) is 11.3 Å². The van der Waals surface area contributed by atoms with Crippen molar-refractivity contribution in [3.05, 3.63) is 28.7 Å². The van der Waals surface area contributed by atoms with Crippen LogP contribution in [0.3, 0.4) is 0 Å². The normalized spacial score (nSPS) is 17.8. The summed E-state index contributed by atoms with van der Waals surface area (Å²) in [5, 5.41) is 6.08. The molecule has 3 heterocycles. The molecule has 1 fully saturated rings. The van der Waals surface area contributed by atoms with E-state index < -0.39 is 0 Å². The maximum atomic E-state index is 12.3. The summed E-state index contributed by atoms with van der Waals surface area (Å²) in [7, 11) is 0. The number of carbonyl (C=O) groups excluding carboxylic acids is 1. The highest BCUT2D eigenvalue weighted by Crippen LogP contribution is 2.30. The molecule has 7 heteroatoms. The Morgan fingerprint density at radius 3 is 2.83 bits per heavy atom. The average molecular weight is 345 g/mol. The first-order valence-corrected chi connectivity index (χ1v) is 9.29. The molecule has 0 aromatic carbocycles. The molecule has 0 aliphatic carbocycles. The van der Waals surface area contributed by atoms with Crippen LogP contribution in [0.2, 0.25) is 0 Å². The second kappa shape index (κ2) is 7.25. The van der Waals surface area contributed by atoms with E-state index in [0.29, 0.717) is 6.42 Å². The zero-order valence-corrected chi connectivity index (χ0v) is 15.2. The number of amides is 1. The number of aromatic nitrogens is 3. The predicted octanol–water partition coefficient (Wildman–Crippen LogP) is 3.76. The summed E-state index contributed by atoms with van der Waals surface area (Å²) in [4.78, 5) is 27.9. The van der Waals surface area contributed by atoms with Crippen LogP contribution in [0.25, 0.3) is 0 Å². The lowest BCUT2D eigenvalue weighted by atomic mass is 10.0. The van der Waals surface area contributed by atoms with Crippen molar-refractivity contribution in [3.8, 4) is 0 Å². The van der Waals surface area contributed by atoms with E-state index in [2.05, 4.69) is 20.3 Å². The van der Waals surface area contributed by atoms with Gasteiger partial charge in [-0.3, -0.25) is 4.79 Å². The predicted molar refractivity (Wildman–Crippen MR) is 95.5 cm³/mol. The van der Waals surface area contributed by atoms with E-state index >= 15 is 0 Å². The van der Waals surface area contributed by atoms with E-state index in [0.717, 1.165) is 54.0 Å². The molecule has 0 bridgehead atoms. The van der Waals surface area contributed by atoms with Crippen LogP contribution in [0.5, 0.6) is 0 Å². The Bertz CT molecular complexity index is 730. The summed E-state index contributed by atoms with van der Waals surface area (Å²) in [6.45, 7) is 6.62. The van der Waals surface area contributed by atoms with Gasteiger partial charge in [0.05, 0.1) is 11.7 Å². The molecule has 1 aliphatic heterocycles. The number of nitrogens with one attached hydrogen (secondary N) is 1. The van der Waals surface area contributed by atoms with Gasteiger partial charge in [0.1, 0.15) is 5.82 Å². The molecule has 1 atom stereocenters. The van der Waals surface area contributed by atoms with Gasteiger partial charge in [-0.15, -0.1) is 11.3 Å². The van der Waals surface area contributed by atoms with Gasteiger partial charge >= 0.3 is 0 Å². The quantitative estimate of drug-likeness (QED) is 0.913. The second-order valence-electron chi connectivity index (χ2n) is 6.12. The first-order valence-electron chi connectivity index (χ1n) is 8.41. The standard InChI is InChI=1S/C17H23N5OS/c1-4-15(23)22-8-6-5-7-13(22)16-18-11(2)9-14(20-16)21-17-19-12(3)10-24-17/h9-10,13H,4-8H2,1-3H3,(H,18,19,20,21)/t13-/m0/s1. The van der Waals surface area contributed by atoms with Crippen molar-refractivity contribution >= 4 is 28.2 Å². The molecule has 24 heavy (non-hydrogen) atoms. The highest BCUT2D eigenvalue weighted by Gasteiger charge is 2.29. The molecular formula is C17H23N5OS. The lowest BCUT2D eigenvalue weighted by molar-refractivity contribution is -0.134. The molecule has 1 aliphatic rings. The third kappa shape index (κ3) is 3.72. The molecule has 0 unspecified atom stereocenters. The summed E-state index contributed by atoms with van der Waals surface area (Å²) in [6, 6.07) is 1.89. The van der Waals surface area contributed by atoms with Crippen molar-refractivity contribution in [1.82, 2.24) is 19.9 Å². The summed E-state index contributed by atoms with van der Waals surface area (Å²) < 4.78 is 0. The van der Waals surface area contributed by atoms with Crippen molar-refractivity contribution in [1.29, 1.82) is 0 Å². The van der Waals surface area contributed by atoms with Gasteiger partial charge in [-0.2, -0.15) is 0 Å². The van der Waals surface area contributed by atoms with Gasteiger partial charge in [0.15, 0.2) is 11.0 Å². The summed E-state index contributed by atoms with van der Waals surface area (Å²) in [5.74, 6) is 1.64. The van der Waals surface area contributed by atoms with E-state index in [-0.39, 0.29) is 11.9 Å². The molecule has 1 saturated heterocycles. The zero-order chi connectivity index (χ0) is 17.1. The molecule has 0 radical (unpaired) electrons. The second-order valence-corrected chi connectivity index (χ2v) is 6.98. The number of piperidine rings is 1. The largest absolute Gasteiger partial charge is 0.332 e. The first-order chi connectivity index (χ1) is 11.6. The summed E-state index contributed by atoms with van der Waals surface area (Å²) in [6.07, 6.45) is 3.60. The van der Waals surface area contributed by atoms with Crippen LogP contribution >= 0.6 is 11.3 Å². The molecule has 2 aromatic heterocycles. The van der Waals surface area contributed by atoms with Crippen LogP contribution in [0.15, 0.2) is 11.4 Å². The molecule has 6 nitrogen and oxygen atoms in total. The van der Waals surface area contributed by atoms with Gasteiger partial charge in [0, 0.05) is 30.1 Å². The van der Waals surface area contributed by atoms with Crippen LogP contribution in [-0.4, -0.2) is 32.3 Å². The third-order valence-corrected chi connectivity index (χ3v) is 5.02. The number of rotatable bonds is 4. The van der Waals surface area contributed by atoms with E-state index in [1.807, 2.05) is 37.1 Å². The number of aryl methyl sites for hydroxylation is 2. The van der Waals surface area contributed by atoms with Crippen molar-refractivity contribution < 1.29 is 4.79 Å². The van der Waals surface area contributed by atoms with Gasteiger partial charge in [0.25, 0.3) is 0 Å². The topological polar surface area (TPSA) is 71.0 Å². The molecule has 0 spiro atoms. The number of nitrogens with zero attached hydrogens (tertiary/aromatic N) is 4. The molecule has 3 rings (SSSR count). The van der Waals surface area contributed by atoms with Gasteiger partial charge in [-0.25, -0.2) is 15.0 Å². The maximum Gasteiger partial charge on any atom is 0.222 e. The molecule has 1 amide bonds. The third-order valence-electron chi connectivity index (χ3n) is 4.15. The molecule has 2 aromatic rings. The highest BCUT2D eigenvalue weighted by atomic mass is 32.1. The molecule has 128 valence electrons. The van der Waals surface area contributed by atoms with Crippen LogP contribution in [0.4, 0.5) is 10.9 Å². The van der Waals surface area contributed by atoms with Gasteiger partial charge in [-0.05, 0) is 33.1 Å². The van der Waals surface area contributed by atoms with Gasteiger partial charge < -0.3 is 10.2 Å². The monoisotopic (exact) mass is 345 g/mol. The van der Waals surface area contributed by atoms with Crippen LogP contribution < -0.4 is 5.32 Å². The number of anilines is 2. The number of likely N-dealkylation sites (tertiary alicyclic amines) is 1. The highest BCUT2D eigenvalue weighted by molar-refractivity contribution is 7.13. The Balaban J connectivity index is 1.87. The minimum absolute atomic E-state index is 0.0234. The number of thiazole rings is 1. The fourth-order valence-electron chi connectivity index (χ4n) is 3.03. The smallest absolute Gasteiger partial charge is 0.222 e. The van der Waals surface area contributed by atoms with Gasteiger partial charge in [0.2, 0.25) is 5.91 Å². The SMILES string of the molecule is CCC(=O)N1CCCC[C@H]1c1nc(C)cc(Nc2nc(C)cs2)n1. The molecule has 1 N–H and O–H groups in total. The fourth-order valence-corrected chi connectivity index (χ4v) is 3.72. The van der Waals surface area contributed by atoms with Crippen molar-refractivity contribution in [3.63, 3.8) is 0 Å². The average Bonchev–Trinajstić information content (AvgIpc) is 2.98. The molecular weight excluding hydrogens is 322 g/mol. The first kappa shape index (κ1) is 16.8. The van der Waals surface area contributed by atoms with Crippen molar-refractivity contribution in [2.24, 2.45) is 0 Å². The van der Waals surface area contributed by atoms with E-state index in [9.17, 15) is 4.79 Å². The molecule has 0 saturated carbocycles. The minimum atomic E-state index is -0.0234.